The average Bonchev–Trinajstić information content (AvgIpc) is 2.82. The minimum absolute atomic E-state index is 0.179. The molecule has 1 heterocycles. The average molecular weight is 316 g/mol. The summed E-state index contributed by atoms with van der Waals surface area (Å²) in [7, 11) is 0. The summed E-state index contributed by atoms with van der Waals surface area (Å²) in [6, 6.07) is 5.00. The van der Waals surface area contributed by atoms with Crippen molar-refractivity contribution in [1.29, 1.82) is 0 Å². The molecule has 1 aromatic heterocycles. The first-order chi connectivity index (χ1) is 9.84. The number of benzene rings is 1. The lowest BCUT2D eigenvalue weighted by Crippen LogP contribution is -2.07. The van der Waals surface area contributed by atoms with Gasteiger partial charge in [0.25, 0.3) is 0 Å². The number of halogens is 3. The number of nitrogens with one attached hydrogen (secondary N) is 1. The van der Waals surface area contributed by atoms with Crippen LogP contribution >= 0.6 is 11.3 Å². The van der Waals surface area contributed by atoms with Crippen molar-refractivity contribution in [1.82, 2.24) is 4.98 Å². The Morgan fingerprint density at radius 1 is 1.38 bits per heavy atom. The molecular formula is C13H11F3N2O2S. The van der Waals surface area contributed by atoms with E-state index in [0.29, 0.717) is 16.4 Å². The Balaban J connectivity index is 2.00. The van der Waals surface area contributed by atoms with Gasteiger partial charge in [-0.1, -0.05) is 12.1 Å². The zero-order valence-corrected chi connectivity index (χ0v) is 11.5. The number of hydrogen-bond donors (Lipinski definition) is 2. The summed E-state index contributed by atoms with van der Waals surface area (Å²) in [5.41, 5.74) is 0.186. The lowest BCUT2D eigenvalue weighted by Gasteiger charge is -2.09. The molecule has 0 saturated heterocycles. The molecule has 0 fully saturated rings. The standard InChI is InChI=1S/C13H11F3N2O2S/c14-13(15,16)9-3-1-2-8(4-9)6-17-12-18-10(7-21-12)5-11(19)20/h1-4,7H,5-6H2,(H,17,18)(H,19,20). The van der Waals surface area contributed by atoms with Crippen LogP contribution < -0.4 is 5.32 Å². The zero-order chi connectivity index (χ0) is 15.5. The van der Waals surface area contributed by atoms with Gasteiger partial charge in [-0.05, 0) is 17.7 Å². The minimum Gasteiger partial charge on any atom is -0.481 e. The SMILES string of the molecule is O=C(O)Cc1csc(NCc2cccc(C(F)(F)F)c2)n1. The van der Waals surface area contributed by atoms with E-state index in [1.54, 1.807) is 11.4 Å². The van der Waals surface area contributed by atoms with Crippen LogP contribution in [0.5, 0.6) is 0 Å². The van der Waals surface area contributed by atoms with E-state index in [2.05, 4.69) is 10.3 Å². The number of thiazole rings is 1. The molecular weight excluding hydrogens is 305 g/mol. The van der Waals surface area contributed by atoms with Gasteiger partial charge in [-0.25, -0.2) is 4.98 Å². The molecule has 8 heteroatoms. The number of hydrogen-bond acceptors (Lipinski definition) is 4. The number of aliphatic carboxylic acids is 1. The number of aromatic nitrogens is 1. The molecule has 0 spiro atoms. The van der Waals surface area contributed by atoms with Gasteiger partial charge in [0.2, 0.25) is 0 Å². The predicted molar refractivity (Wildman–Crippen MR) is 72.2 cm³/mol. The Kier molecular flexibility index (Phi) is 4.46. The van der Waals surface area contributed by atoms with Crippen LogP contribution in [0.25, 0.3) is 0 Å². The van der Waals surface area contributed by atoms with Crippen LogP contribution in [-0.4, -0.2) is 16.1 Å². The van der Waals surface area contributed by atoms with Crippen molar-refractivity contribution in [3.05, 3.63) is 46.5 Å². The Hall–Kier alpha value is -2.09. The van der Waals surface area contributed by atoms with Crippen molar-refractivity contribution in [3.8, 4) is 0 Å². The van der Waals surface area contributed by atoms with E-state index in [1.165, 1.54) is 17.4 Å². The van der Waals surface area contributed by atoms with Crippen molar-refractivity contribution in [2.75, 3.05) is 5.32 Å². The van der Waals surface area contributed by atoms with E-state index in [-0.39, 0.29) is 13.0 Å². The van der Waals surface area contributed by atoms with Crippen LogP contribution in [0.1, 0.15) is 16.8 Å². The van der Waals surface area contributed by atoms with E-state index < -0.39 is 17.7 Å². The fourth-order valence-electron chi connectivity index (χ4n) is 1.66. The fourth-order valence-corrected chi connectivity index (χ4v) is 2.37. The molecule has 2 N–H and O–H groups in total. The first-order valence-corrected chi connectivity index (χ1v) is 6.79. The van der Waals surface area contributed by atoms with Crippen LogP contribution in [0.3, 0.4) is 0 Å². The summed E-state index contributed by atoms with van der Waals surface area (Å²) in [4.78, 5) is 14.6. The number of carboxylic acid groups (broad SMARTS) is 1. The monoisotopic (exact) mass is 316 g/mol. The van der Waals surface area contributed by atoms with Gasteiger partial charge < -0.3 is 10.4 Å². The Bertz CT molecular complexity index is 640. The molecule has 21 heavy (non-hydrogen) atoms. The molecule has 2 rings (SSSR count). The highest BCUT2D eigenvalue weighted by atomic mass is 32.1. The molecule has 1 aromatic carbocycles. The molecule has 0 radical (unpaired) electrons. The van der Waals surface area contributed by atoms with E-state index in [9.17, 15) is 18.0 Å². The van der Waals surface area contributed by atoms with Gasteiger partial charge in [0.05, 0.1) is 17.7 Å². The summed E-state index contributed by atoms with van der Waals surface area (Å²) >= 11 is 1.21. The molecule has 0 atom stereocenters. The quantitative estimate of drug-likeness (QED) is 0.887. The Morgan fingerprint density at radius 3 is 2.81 bits per heavy atom. The maximum absolute atomic E-state index is 12.6. The predicted octanol–water partition coefficient (Wildman–Crippen LogP) is 3.40. The van der Waals surface area contributed by atoms with Gasteiger partial charge >= 0.3 is 12.1 Å². The van der Waals surface area contributed by atoms with Crippen LogP contribution in [0.15, 0.2) is 29.6 Å². The summed E-state index contributed by atoms with van der Waals surface area (Å²) < 4.78 is 37.7. The molecule has 0 amide bonds. The van der Waals surface area contributed by atoms with E-state index in [4.69, 9.17) is 5.11 Å². The number of anilines is 1. The lowest BCUT2D eigenvalue weighted by molar-refractivity contribution is -0.138. The molecule has 0 aliphatic heterocycles. The van der Waals surface area contributed by atoms with Crippen molar-refractivity contribution in [3.63, 3.8) is 0 Å². The highest BCUT2D eigenvalue weighted by molar-refractivity contribution is 7.13. The normalized spacial score (nSPS) is 11.4. The third kappa shape index (κ3) is 4.45. The Morgan fingerprint density at radius 2 is 2.14 bits per heavy atom. The maximum Gasteiger partial charge on any atom is 0.416 e. The van der Waals surface area contributed by atoms with E-state index >= 15 is 0 Å². The maximum atomic E-state index is 12.6. The fraction of sp³-hybridized carbons (Fsp3) is 0.231. The highest BCUT2D eigenvalue weighted by Gasteiger charge is 2.30. The number of carboxylic acids is 1. The first kappa shape index (κ1) is 15.3. The summed E-state index contributed by atoms with van der Waals surface area (Å²) in [5, 5.41) is 13.6. The Labute approximate surface area is 122 Å². The molecule has 0 bridgehead atoms. The minimum atomic E-state index is -4.37. The molecule has 0 aliphatic carbocycles. The van der Waals surface area contributed by atoms with Crippen molar-refractivity contribution in [2.45, 2.75) is 19.1 Å². The van der Waals surface area contributed by atoms with Crippen molar-refractivity contribution >= 4 is 22.4 Å². The van der Waals surface area contributed by atoms with Crippen molar-refractivity contribution < 1.29 is 23.1 Å². The summed E-state index contributed by atoms with van der Waals surface area (Å²) in [5.74, 6) is -0.982. The third-order valence-corrected chi connectivity index (χ3v) is 3.43. The summed E-state index contributed by atoms with van der Waals surface area (Å²) in [6.45, 7) is 0.184. The number of nitrogens with zero attached hydrogens (tertiary/aromatic N) is 1. The topological polar surface area (TPSA) is 62.2 Å². The summed E-state index contributed by atoms with van der Waals surface area (Å²) in [6.07, 6.45) is -4.55. The molecule has 112 valence electrons. The third-order valence-electron chi connectivity index (χ3n) is 2.58. The molecule has 0 saturated carbocycles. The van der Waals surface area contributed by atoms with Crippen molar-refractivity contribution in [2.24, 2.45) is 0 Å². The second kappa shape index (κ2) is 6.13. The number of alkyl halides is 3. The van der Waals surface area contributed by atoms with Gasteiger partial charge in [-0.2, -0.15) is 13.2 Å². The van der Waals surface area contributed by atoms with Gasteiger partial charge in [0, 0.05) is 11.9 Å². The van der Waals surface area contributed by atoms with Crippen LogP contribution in [0.4, 0.5) is 18.3 Å². The van der Waals surface area contributed by atoms with Gasteiger partial charge in [0.15, 0.2) is 5.13 Å². The van der Waals surface area contributed by atoms with Gasteiger partial charge in [0.1, 0.15) is 0 Å². The van der Waals surface area contributed by atoms with Gasteiger partial charge in [-0.15, -0.1) is 11.3 Å². The van der Waals surface area contributed by atoms with Crippen LogP contribution in [0.2, 0.25) is 0 Å². The largest absolute Gasteiger partial charge is 0.481 e. The van der Waals surface area contributed by atoms with Crippen LogP contribution in [-0.2, 0) is 23.9 Å². The first-order valence-electron chi connectivity index (χ1n) is 5.91. The number of carbonyl (C=O) groups is 1. The lowest BCUT2D eigenvalue weighted by atomic mass is 10.1. The number of rotatable bonds is 5. The molecule has 0 aliphatic rings. The molecule has 2 aromatic rings. The zero-order valence-electron chi connectivity index (χ0n) is 10.6. The highest BCUT2D eigenvalue weighted by Crippen LogP contribution is 2.29. The van der Waals surface area contributed by atoms with E-state index in [1.807, 2.05) is 0 Å². The molecule has 0 unspecified atom stereocenters. The second-order valence-electron chi connectivity index (χ2n) is 4.27. The second-order valence-corrected chi connectivity index (χ2v) is 5.12. The van der Waals surface area contributed by atoms with E-state index in [0.717, 1.165) is 12.1 Å². The van der Waals surface area contributed by atoms with Crippen LogP contribution in [0, 0.1) is 0 Å². The van der Waals surface area contributed by atoms with Gasteiger partial charge in [-0.3, -0.25) is 4.79 Å². The smallest absolute Gasteiger partial charge is 0.416 e. The molecule has 4 nitrogen and oxygen atoms in total.